The molecule has 2 aliphatic heterocycles. The number of pyridine rings is 1. The molecule has 13 nitrogen and oxygen atoms in total. The molecule has 0 saturated carbocycles. The SMILES string of the molecule is C/C=C\C=C\C1OC(O)([C@H](CC)C(=O)NC/C=C/C=C(\C)[C@@H](OC)[C@@H](C)C2OC(/C=C/C=C/C=C(\C)C(=O)c3c(O)ccn(C)c3=O)C(O)C2O)CC(O)C1(C)C. The number of aromatic hydroxyl groups is 1. The number of ketones is 1. The number of aliphatic hydroxyl groups excluding tert-OH is 3. The zero-order chi connectivity index (χ0) is 42.7. The minimum atomic E-state index is -1.86. The van der Waals surface area contributed by atoms with E-state index in [1.54, 1.807) is 62.6 Å². The second-order valence-corrected chi connectivity index (χ2v) is 15.4. The Hall–Kier alpha value is -4.21. The van der Waals surface area contributed by atoms with Crippen LogP contribution in [0.25, 0.3) is 0 Å². The summed E-state index contributed by atoms with van der Waals surface area (Å²) in [5.41, 5.74) is -0.547. The van der Waals surface area contributed by atoms with E-state index in [4.69, 9.17) is 14.2 Å². The van der Waals surface area contributed by atoms with Crippen LogP contribution >= 0.6 is 0 Å². The lowest BCUT2D eigenvalue weighted by atomic mass is 9.72. The Morgan fingerprint density at radius 1 is 1.05 bits per heavy atom. The first-order valence-corrected chi connectivity index (χ1v) is 19.3. The third-order valence-electron chi connectivity index (χ3n) is 10.9. The molecule has 2 aliphatic rings. The zero-order valence-corrected chi connectivity index (χ0v) is 34.5. The van der Waals surface area contributed by atoms with Gasteiger partial charge in [0, 0.05) is 44.7 Å². The second-order valence-electron chi connectivity index (χ2n) is 15.4. The molecular formula is C44H62N2O11. The first-order chi connectivity index (χ1) is 26.9. The molecule has 2 fully saturated rings. The number of ether oxygens (including phenoxy) is 3. The molecule has 10 atom stereocenters. The largest absolute Gasteiger partial charge is 0.507 e. The Labute approximate surface area is 336 Å². The maximum atomic E-state index is 13.3. The molecule has 6 N–H and O–H groups in total. The Bertz CT molecular complexity index is 1820. The molecule has 0 aromatic carbocycles. The van der Waals surface area contributed by atoms with Crippen LogP contribution in [0.1, 0.15) is 71.7 Å². The number of hydrogen-bond acceptors (Lipinski definition) is 11. The summed E-state index contributed by atoms with van der Waals surface area (Å²) >= 11 is 0. The molecule has 7 unspecified atom stereocenters. The minimum Gasteiger partial charge on any atom is -0.507 e. The van der Waals surface area contributed by atoms with E-state index >= 15 is 0 Å². The first kappa shape index (κ1) is 47.2. The summed E-state index contributed by atoms with van der Waals surface area (Å²) in [6, 6.07) is 1.28. The van der Waals surface area contributed by atoms with Crippen molar-refractivity contribution in [3.63, 3.8) is 0 Å². The molecule has 314 valence electrons. The number of carbonyl (C=O) groups excluding carboxylic acids is 2. The molecule has 57 heavy (non-hydrogen) atoms. The first-order valence-electron chi connectivity index (χ1n) is 19.3. The summed E-state index contributed by atoms with van der Waals surface area (Å²) in [6.45, 7) is 12.8. The topological polar surface area (TPSA) is 197 Å². The van der Waals surface area contributed by atoms with E-state index in [1.165, 1.54) is 36.9 Å². The number of methoxy groups -OCH3 is 1. The van der Waals surface area contributed by atoms with Crippen LogP contribution in [-0.4, -0.2) is 104 Å². The van der Waals surface area contributed by atoms with Gasteiger partial charge in [-0.1, -0.05) is 101 Å². The number of rotatable bonds is 17. The van der Waals surface area contributed by atoms with Crippen LogP contribution in [-0.2, 0) is 26.1 Å². The van der Waals surface area contributed by atoms with Gasteiger partial charge in [-0.3, -0.25) is 14.4 Å². The third kappa shape index (κ3) is 11.5. The van der Waals surface area contributed by atoms with Gasteiger partial charge in [0.05, 0.1) is 30.3 Å². The fourth-order valence-corrected chi connectivity index (χ4v) is 7.17. The van der Waals surface area contributed by atoms with Gasteiger partial charge in [-0.2, -0.15) is 0 Å². The lowest BCUT2D eigenvalue weighted by Gasteiger charge is -2.50. The molecule has 13 heteroatoms. The second kappa shape index (κ2) is 21.0. The Balaban J connectivity index is 1.59. The van der Waals surface area contributed by atoms with E-state index in [1.807, 2.05) is 52.8 Å². The summed E-state index contributed by atoms with van der Waals surface area (Å²) in [6.07, 6.45) is 16.0. The highest BCUT2D eigenvalue weighted by atomic mass is 16.6. The summed E-state index contributed by atoms with van der Waals surface area (Å²) in [5.74, 6) is -4.55. The molecule has 0 spiro atoms. The fourth-order valence-electron chi connectivity index (χ4n) is 7.17. The van der Waals surface area contributed by atoms with Gasteiger partial charge in [0.15, 0.2) is 11.6 Å². The van der Waals surface area contributed by atoms with Crippen LogP contribution in [0.2, 0.25) is 0 Å². The molecule has 3 heterocycles. The lowest BCUT2D eigenvalue weighted by Crippen LogP contribution is -2.60. The van der Waals surface area contributed by atoms with E-state index in [-0.39, 0.29) is 30.0 Å². The van der Waals surface area contributed by atoms with E-state index in [9.17, 15) is 39.9 Å². The predicted octanol–water partition coefficient (Wildman–Crippen LogP) is 4.11. The number of hydrogen-bond donors (Lipinski definition) is 6. The van der Waals surface area contributed by atoms with Crippen molar-refractivity contribution in [1.29, 1.82) is 0 Å². The summed E-state index contributed by atoms with van der Waals surface area (Å²) < 4.78 is 19.2. The predicted molar refractivity (Wildman–Crippen MR) is 218 cm³/mol. The average molecular weight is 795 g/mol. The van der Waals surface area contributed by atoms with Crippen molar-refractivity contribution in [3.05, 3.63) is 112 Å². The van der Waals surface area contributed by atoms with E-state index < -0.39 is 82.8 Å². The van der Waals surface area contributed by atoms with Crippen molar-refractivity contribution in [3.8, 4) is 5.75 Å². The Morgan fingerprint density at radius 2 is 1.74 bits per heavy atom. The van der Waals surface area contributed by atoms with Gasteiger partial charge in [0.2, 0.25) is 5.91 Å². The number of allylic oxidation sites excluding steroid dienone is 10. The number of aryl methyl sites for hydroxylation is 1. The van der Waals surface area contributed by atoms with E-state index in [0.29, 0.717) is 6.42 Å². The van der Waals surface area contributed by atoms with Crippen molar-refractivity contribution in [2.75, 3.05) is 13.7 Å². The van der Waals surface area contributed by atoms with Crippen LogP contribution in [0.4, 0.5) is 0 Å². The lowest BCUT2D eigenvalue weighted by molar-refractivity contribution is -0.314. The maximum absolute atomic E-state index is 13.3. The van der Waals surface area contributed by atoms with Gasteiger partial charge in [0.1, 0.15) is 29.6 Å². The van der Waals surface area contributed by atoms with Crippen molar-refractivity contribution in [2.24, 2.45) is 24.3 Å². The monoisotopic (exact) mass is 794 g/mol. The summed E-state index contributed by atoms with van der Waals surface area (Å²) in [4.78, 5) is 38.4. The van der Waals surface area contributed by atoms with Crippen LogP contribution in [0.3, 0.4) is 0 Å². The van der Waals surface area contributed by atoms with Gasteiger partial charge in [-0.15, -0.1) is 0 Å². The molecule has 0 radical (unpaired) electrons. The smallest absolute Gasteiger partial charge is 0.265 e. The third-order valence-corrected chi connectivity index (χ3v) is 10.9. The summed E-state index contributed by atoms with van der Waals surface area (Å²) in [5, 5.41) is 57.0. The van der Waals surface area contributed by atoms with E-state index in [2.05, 4.69) is 5.32 Å². The number of Topliss-reactive ketones (excluding diaryl/α,β-unsaturated/α-hetero) is 1. The highest BCUT2D eigenvalue weighted by molar-refractivity contribution is 6.09. The number of nitrogens with one attached hydrogen (secondary N) is 1. The van der Waals surface area contributed by atoms with Gasteiger partial charge in [0.25, 0.3) is 5.56 Å². The van der Waals surface area contributed by atoms with Gasteiger partial charge >= 0.3 is 0 Å². The maximum Gasteiger partial charge on any atom is 0.265 e. The quantitative estimate of drug-likeness (QED) is 0.0755. The van der Waals surface area contributed by atoms with Crippen LogP contribution in [0.15, 0.2) is 101 Å². The van der Waals surface area contributed by atoms with E-state index in [0.717, 1.165) is 5.57 Å². The molecule has 1 amide bonds. The Kier molecular flexibility index (Phi) is 17.4. The highest BCUT2D eigenvalue weighted by Crippen LogP contribution is 2.44. The van der Waals surface area contributed by atoms with Crippen molar-refractivity contribution in [1.82, 2.24) is 9.88 Å². The molecule has 0 bridgehead atoms. The molecule has 1 aromatic heterocycles. The molecular weight excluding hydrogens is 732 g/mol. The van der Waals surface area contributed by atoms with Crippen molar-refractivity contribution >= 4 is 11.7 Å². The fraction of sp³-hybridized carbons (Fsp3) is 0.523. The zero-order valence-electron chi connectivity index (χ0n) is 34.5. The number of carbonyl (C=O) groups is 2. The average Bonchev–Trinajstić information content (AvgIpc) is 3.44. The molecule has 2 saturated heterocycles. The van der Waals surface area contributed by atoms with Gasteiger partial charge in [-0.05, 0) is 44.4 Å². The standard InChI is InChI=1S/C44H62N2O11/c1-10-12-14-22-34-43(6,7)33(48)26-44(54,57-34)30(11-2)41(52)45-24-18-17-20-28(4)39(55-9)29(5)40-38(51)37(50)32(56-40)21-16-13-15-19-27(3)36(49)35-31(47)23-25-46(8)42(35)53/h10,12-23,25,29-30,32-34,37-40,47-48,50-51,54H,11,24,26H2,1-9H3,(H,45,52)/b12-10-,15-13+,18-17+,21-16+,22-14+,27-19+,28-20+/t29-,30-,32?,33?,34?,37?,38?,39-,40?,44?/m1/s1. The minimum absolute atomic E-state index is 0.104. The molecule has 0 aliphatic carbocycles. The number of aliphatic hydroxyl groups is 4. The van der Waals surface area contributed by atoms with Gasteiger partial charge < -0.3 is 49.6 Å². The molecule has 1 aromatic rings. The van der Waals surface area contributed by atoms with Crippen LogP contribution in [0, 0.1) is 17.3 Å². The summed E-state index contributed by atoms with van der Waals surface area (Å²) in [7, 11) is 3.03. The Morgan fingerprint density at radius 3 is 2.39 bits per heavy atom. The van der Waals surface area contributed by atoms with Crippen molar-refractivity contribution < 1.29 is 49.3 Å². The normalized spacial score (nSPS) is 28.9. The van der Waals surface area contributed by atoms with Crippen LogP contribution < -0.4 is 10.9 Å². The molecule has 3 rings (SSSR count). The van der Waals surface area contributed by atoms with Crippen LogP contribution in [0.5, 0.6) is 5.75 Å². The number of amides is 1. The number of nitrogens with zero attached hydrogens (tertiary/aromatic N) is 1. The van der Waals surface area contributed by atoms with Gasteiger partial charge in [-0.25, -0.2) is 0 Å². The number of aromatic nitrogens is 1. The highest BCUT2D eigenvalue weighted by Gasteiger charge is 2.54. The van der Waals surface area contributed by atoms with Crippen molar-refractivity contribution in [2.45, 2.75) is 110 Å².